The van der Waals surface area contributed by atoms with Crippen LogP contribution in [0.1, 0.15) is 11.1 Å². The molecular weight excluding hydrogens is 280 g/mol. The normalized spacial score (nSPS) is 19.6. The maximum absolute atomic E-state index is 11.0. The van der Waals surface area contributed by atoms with Gasteiger partial charge in [-0.2, -0.15) is 16.8 Å². The molecule has 8 heteroatoms. The first-order valence-corrected chi connectivity index (χ1v) is 7.87. The lowest BCUT2D eigenvalue weighted by atomic mass is 9.97. The predicted octanol–water partition coefficient (Wildman–Crippen LogP) is 0.759. The predicted molar refractivity (Wildman–Crippen MR) is 64.3 cm³/mol. The molecule has 0 spiro atoms. The van der Waals surface area contributed by atoms with Crippen molar-refractivity contribution in [3.05, 3.63) is 35.4 Å². The second kappa shape index (κ2) is 4.16. The molecule has 0 saturated carbocycles. The Hall–Kier alpha value is -1.22. The minimum Gasteiger partial charge on any atom is -0.285 e. The van der Waals surface area contributed by atoms with Gasteiger partial charge >= 0.3 is 0 Å². The van der Waals surface area contributed by atoms with Gasteiger partial charge in [0, 0.05) is 0 Å². The van der Waals surface area contributed by atoms with Crippen LogP contribution in [-0.4, -0.2) is 31.2 Å². The minimum absolute atomic E-state index is 0.0337. The fraction of sp³-hybridized carbons (Fsp3) is 0.200. The average molecular weight is 290 g/mol. The number of hydrogen-bond donors (Lipinski definition) is 2. The smallest absolute Gasteiger partial charge is 0.285 e. The molecular formula is C10H10O6S2. The van der Waals surface area contributed by atoms with E-state index in [4.69, 9.17) is 9.11 Å². The van der Waals surface area contributed by atoms with Gasteiger partial charge in [-0.3, -0.25) is 9.11 Å². The van der Waals surface area contributed by atoms with E-state index in [0.29, 0.717) is 11.1 Å². The minimum atomic E-state index is -4.33. The van der Waals surface area contributed by atoms with Crippen LogP contribution in [0.25, 0.3) is 6.08 Å². The molecule has 2 N–H and O–H groups in total. The molecule has 0 amide bonds. The number of benzene rings is 1. The molecule has 1 aliphatic rings. The molecule has 18 heavy (non-hydrogen) atoms. The van der Waals surface area contributed by atoms with Gasteiger partial charge in [0.15, 0.2) is 0 Å². The Bertz CT molecular complexity index is 715. The molecule has 0 aromatic heterocycles. The molecule has 0 fully saturated rings. The van der Waals surface area contributed by atoms with Gasteiger partial charge < -0.3 is 0 Å². The van der Waals surface area contributed by atoms with Crippen LogP contribution >= 0.6 is 0 Å². The summed E-state index contributed by atoms with van der Waals surface area (Å²) in [5, 5.41) is -1.10. The lowest BCUT2D eigenvalue weighted by Crippen LogP contribution is -2.23. The zero-order chi connectivity index (χ0) is 13.6. The molecule has 0 heterocycles. The molecule has 1 unspecified atom stereocenters. The van der Waals surface area contributed by atoms with Gasteiger partial charge in [0.25, 0.3) is 20.2 Å². The summed E-state index contributed by atoms with van der Waals surface area (Å²) < 4.78 is 61.8. The maximum Gasteiger partial charge on any atom is 0.294 e. The van der Waals surface area contributed by atoms with Crippen molar-refractivity contribution in [2.45, 2.75) is 16.6 Å². The molecule has 6 nitrogen and oxygen atoms in total. The third-order valence-corrected chi connectivity index (χ3v) is 4.65. The Morgan fingerprint density at radius 1 is 1.11 bits per heavy atom. The van der Waals surface area contributed by atoms with Gasteiger partial charge in [0.1, 0.15) is 5.25 Å². The van der Waals surface area contributed by atoms with Crippen LogP contribution in [0, 0.1) is 0 Å². The first-order chi connectivity index (χ1) is 8.18. The number of hydrogen-bond acceptors (Lipinski definition) is 4. The van der Waals surface area contributed by atoms with Crippen molar-refractivity contribution < 1.29 is 25.9 Å². The fourth-order valence-electron chi connectivity index (χ4n) is 1.78. The Labute approximate surface area is 104 Å². The van der Waals surface area contributed by atoms with Crippen LogP contribution in [0.2, 0.25) is 0 Å². The summed E-state index contributed by atoms with van der Waals surface area (Å²) in [6.45, 7) is 0. The zero-order valence-electron chi connectivity index (χ0n) is 9.02. The van der Waals surface area contributed by atoms with E-state index in [2.05, 4.69) is 0 Å². The van der Waals surface area contributed by atoms with E-state index in [1.54, 1.807) is 0 Å². The summed E-state index contributed by atoms with van der Waals surface area (Å²) in [5.74, 6) is 0. The molecule has 2 rings (SSSR count). The molecule has 1 aromatic carbocycles. The van der Waals surface area contributed by atoms with Crippen molar-refractivity contribution in [3.63, 3.8) is 0 Å². The Morgan fingerprint density at radius 3 is 2.33 bits per heavy atom. The van der Waals surface area contributed by atoms with Crippen LogP contribution in [0.4, 0.5) is 0 Å². The van der Waals surface area contributed by atoms with E-state index in [-0.39, 0.29) is 11.3 Å². The van der Waals surface area contributed by atoms with Crippen LogP contribution in [0.3, 0.4) is 0 Å². The maximum atomic E-state index is 11.0. The van der Waals surface area contributed by atoms with Crippen LogP contribution < -0.4 is 0 Å². The highest BCUT2D eigenvalue weighted by Gasteiger charge is 2.25. The topological polar surface area (TPSA) is 109 Å². The SMILES string of the molecule is O=S(=O)(O)c1ccc2c(c1)CC(S(=O)(=O)O)C=C2. The van der Waals surface area contributed by atoms with E-state index in [1.165, 1.54) is 30.4 Å². The third-order valence-electron chi connectivity index (χ3n) is 2.71. The van der Waals surface area contributed by atoms with Crippen LogP contribution in [0.5, 0.6) is 0 Å². The first-order valence-electron chi connectivity index (χ1n) is 4.93. The molecule has 0 saturated heterocycles. The second-order valence-corrected chi connectivity index (χ2v) is 7.01. The number of rotatable bonds is 2. The van der Waals surface area contributed by atoms with E-state index in [1.807, 2.05) is 0 Å². The van der Waals surface area contributed by atoms with Crippen molar-refractivity contribution >= 4 is 26.3 Å². The lowest BCUT2D eigenvalue weighted by molar-refractivity contribution is 0.474. The number of fused-ring (bicyclic) bond motifs is 1. The molecule has 0 aliphatic heterocycles. The van der Waals surface area contributed by atoms with Gasteiger partial charge in [0.05, 0.1) is 4.90 Å². The molecule has 1 aliphatic carbocycles. The highest BCUT2D eigenvalue weighted by molar-refractivity contribution is 7.86. The molecule has 1 atom stereocenters. The highest BCUT2D eigenvalue weighted by atomic mass is 32.2. The van der Waals surface area contributed by atoms with E-state index in [9.17, 15) is 16.8 Å². The second-order valence-electron chi connectivity index (χ2n) is 3.95. The summed E-state index contributed by atoms with van der Waals surface area (Å²) in [6, 6.07) is 3.90. The van der Waals surface area contributed by atoms with Gasteiger partial charge in [0.2, 0.25) is 0 Å². The summed E-state index contributed by atoms with van der Waals surface area (Å²) in [7, 11) is -8.54. The Morgan fingerprint density at radius 2 is 1.78 bits per heavy atom. The van der Waals surface area contributed by atoms with Crippen LogP contribution in [-0.2, 0) is 26.7 Å². The highest BCUT2D eigenvalue weighted by Crippen LogP contribution is 2.25. The van der Waals surface area contributed by atoms with Crippen molar-refractivity contribution in [2.75, 3.05) is 0 Å². The van der Waals surface area contributed by atoms with Crippen molar-refractivity contribution in [2.24, 2.45) is 0 Å². The quantitative estimate of drug-likeness (QED) is 0.778. The first kappa shape index (κ1) is 13.2. The van der Waals surface area contributed by atoms with E-state index >= 15 is 0 Å². The van der Waals surface area contributed by atoms with Gasteiger partial charge in [-0.05, 0) is 29.7 Å². The Balaban J connectivity index is 2.48. The standard InChI is InChI=1S/C10H10O6S2/c11-17(12,13)9-3-1-7-2-4-10(18(14,15)16)6-8(7)5-9/h1-5,10H,6H2,(H,11,12,13)(H,14,15,16). The van der Waals surface area contributed by atoms with Gasteiger partial charge in [-0.25, -0.2) is 0 Å². The summed E-state index contributed by atoms with van der Waals surface area (Å²) >= 11 is 0. The van der Waals surface area contributed by atoms with Crippen molar-refractivity contribution in [1.29, 1.82) is 0 Å². The average Bonchev–Trinajstić information content (AvgIpc) is 2.25. The van der Waals surface area contributed by atoms with Crippen LogP contribution in [0.15, 0.2) is 29.2 Å². The summed E-state index contributed by atoms with van der Waals surface area (Å²) in [4.78, 5) is -0.300. The van der Waals surface area contributed by atoms with Gasteiger partial charge in [-0.15, -0.1) is 0 Å². The molecule has 0 radical (unpaired) electrons. The Kier molecular flexibility index (Phi) is 3.06. The summed E-state index contributed by atoms with van der Waals surface area (Å²) in [6.07, 6.45) is 2.80. The fourth-order valence-corrected chi connectivity index (χ4v) is 2.98. The molecule has 0 bridgehead atoms. The lowest BCUT2D eigenvalue weighted by Gasteiger charge is -2.17. The van der Waals surface area contributed by atoms with E-state index < -0.39 is 25.5 Å². The zero-order valence-corrected chi connectivity index (χ0v) is 10.6. The summed E-state index contributed by atoms with van der Waals surface area (Å²) in [5.41, 5.74) is 1.09. The van der Waals surface area contributed by atoms with Crippen molar-refractivity contribution in [3.8, 4) is 0 Å². The molecule has 1 aromatic rings. The van der Waals surface area contributed by atoms with Gasteiger partial charge in [-0.1, -0.05) is 18.2 Å². The largest absolute Gasteiger partial charge is 0.294 e. The van der Waals surface area contributed by atoms with Crippen molar-refractivity contribution in [1.82, 2.24) is 0 Å². The molecule has 98 valence electrons. The third kappa shape index (κ3) is 2.61. The monoisotopic (exact) mass is 290 g/mol. The van der Waals surface area contributed by atoms with E-state index in [0.717, 1.165) is 0 Å².